The van der Waals surface area contributed by atoms with Crippen LogP contribution in [0.2, 0.25) is 0 Å². The molecule has 1 aromatic heterocycles. The molecule has 6 N–H and O–H groups in total. The third kappa shape index (κ3) is 6.49. The van der Waals surface area contributed by atoms with Crippen molar-refractivity contribution in [3.05, 3.63) is 78.1 Å². The summed E-state index contributed by atoms with van der Waals surface area (Å²) in [5.41, 5.74) is 3.49. The van der Waals surface area contributed by atoms with Crippen LogP contribution in [-0.2, 0) is 11.3 Å². The lowest BCUT2D eigenvalue weighted by molar-refractivity contribution is -0.135. The van der Waals surface area contributed by atoms with Gasteiger partial charge in [0.2, 0.25) is 17.6 Å². The van der Waals surface area contributed by atoms with E-state index in [-0.39, 0.29) is 23.4 Å². The van der Waals surface area contributed by atoms with Gasteiger partial charge < -0.3 is 30.3 Å². The molecule has 0 aliphatic rings. The number of phenols is 1. The fraction of sp³-hybridized carbons (Fsp3) is 0.148. The number of aliphatic carboxylic acids is 1. The van der Waals surface area contributed by atoms with Crippen molar-refractivity contribution in [1.82, 2.24) is 15.0 Å². The average Bonchev–Trinajstić information content (AvgIpc) is 2.95. The number of methoxy groups -OCH3 is 2. The summed E-state index contributed by atoms with van der Waals surface area (Å²) in [7, 11) is 2.86. The minimum Gasteiger partial charge on any atom is -0.504 e. The number of aromatic nitrogens is 3. The van der Waals surface area contributed by atoms with Gasteiger partial charge in [0.1, 0.15) is 12.9 Å². The zero-order chi connectivity index (χ0) is 27.8. The summed E-state index contributed by atoms with van der Waals surface area (Å²) in [4.78, 5) is 25.9. The molecule has 0 unspecified atom stereocenters. The van der Waals surface area contributed by atoms with Gasteiger partial charge in [0.15, 0.2) is 17.7 Å². The van der Waals surface area contributed by atoms with E-state index in [0.717, 1.165) is 11.3 Å². The number of nitrogens with zero attached hydrogens (tertiary/aromatic N) is 4. The molecule has 0 saturated carbocycles. The van der Waals surface area contributed by atoms with E-state index in [1.807, 2.05) is 36.4 Å². The maximum absolute atomic E-state index is 11.8. The maximum Gasteiger partial charge on any atom is 0.323 e. The van der Waals surface area contributed by atoms with Crippen LogP contribution in [0.3, 0.4) is 0 Å². The molecule has 0 saturated heterocycles. The largest absolute Gasteiger partial charge is 0.504 e. The summed E-state index contributed by atoms with van der Waals surface area (Å²) in [6, 6.07) is 18.2. The Morgan fingerprint density at radius 1 is 1.08 bits per heavy atom. The average molecular weight is 531 g/mol. The van der Waals surface area contributed by atoms with Crippen molar-refractivity contribution in [1.29, 1.82) is 0 Å². The zero-order valence-corrected chi connectivity index (χ0v) is 21.3. The number of rotatable bonds is 12. The molecule has 3 aromatic carbocycles. The lowest BCUT2D eigenvalue weighted by Gasteiger charge is -2.22. The third-order valence-corrected chi connectivity index (χ3v) is 5.66. The van der Waals surface area contributed by atoms with Crippen molar-refractivity contribution in [2.45, 2.75) is 6.54 Å². The summed E-state index contributed by atoms with van der Waals surface area (Å²) < 4.78 is 10.4. The van der Waals surface area contributed by atoms with E-state index >= 15 is 0 Å². The molecule has 0 amide bonds. The van der Waals surface area contributed by atoms with E-state index in [1.54, 1.807) is 18.2 Å². The van der Waals surface area contributed by atoms with Crippen LogP contribution in [0.4, 0.5) is 29.0 Å². The van der Waals surface area contributed by atoms with E-state index in [9.17, 15) is 15.0 Å². The van der Waals surface area contributed by atoms with Crippen LogP contribution >= 0.6 is 0 Å². The highest BCUT2D eigenvalue weighted by Crippen LogP contribution is 2.39. The Bertz CT molecular complexity index is 1470. The van der Waals surface area contributed by atoms with Gasteiger partial charge in [0, 0.05) is 35.7 Å². The fourth-order valence-corrected chi connectivity index (χ4v) is 3.85. The van der Waals surface area contributed by atoms with Crippen LogP contribution < -0.4 is 30.4 Å². The van der Waals surface area contributed by atoms with E-state index < -0.39 is 12.5 Å². The van der Waals surface area contributed by atoms with Gasteiger partial charge in [-0.25, -0.2) is 9.97 Å². The first-order valence-electron chi connectivity index (χ1n) is 11.8. The van der Waals surface area contributed by atoms with Crippen LogP contribution in [-0.4, -0.2) is 58.1 Å². The molecule has 0 aliphatic heterocycles. The molecule has 0 fully saturated rings. The van der Waals surface area contributed by atoms with Crippen molar-refractivity contribution >= 4 is 41.1 Å². The minimum absolute atomic E-state index is 0.0903. The number of hydrogen-bond acceptors (Lipinski definition) is 10. The molecule has 0 aliphatic carbocycles. The Balaban J connectivity index is 1.62. The van der Waals surface area contributed by atoms with Crippen LogP contribution in [0.1, 0.15) is 11.1 Å². The number of carbonyl (C=O) groups is 1. The second-order valence-corrected chi connectivity index (χ2v) is 8.22. The number of ether oxygens (including phenoxy) is 2. The lowest BCUT2D eigenvalue weighted by Crippen LogP contribution is -2.31. The fourth-order valence-electron chi connectivity index (χ4n) is 3.85. The van der Waals surface area contributed by atoms with Crippen LogP contribution in [0.15, 0.2) is 67.0 Å². The number of nitrogens with one attached hydrogen (secondary N) is 2. The van der Waals surface area contributed by atoms with Crippen LogP contribution in [0, 0.1) is 0 Å². The second kappa shape index (κ2) is 12.2. The first-order valence-corrected chi connectivity index (χ1v) is 11.8. The summed E-state index contributed by atoms with van der Waals surface area (Å²) in [6.07, 6.45) is 2.70. The molecule has 4 rings (SSSR count). The number of hydrogen-bond donors (Lipinski definition) is 5. The van der Waals surface area contributed by atoms with Gasteiger partial charge in [0.25, 0.3) is 0 Å². The molecular formula is C27H28N7O5+. The molecule has 0 spiro atoms. The smallest absolute Gasteiger partial charge is 0.323 e. The molecule has 4 aromatic rings. The number of nitrogens with two attached hydrogens (primary N) is 1. The number of carboxylic acid groups (broad SMARTS) is 1. The number of anilines is 5. The number of benzene rings is 3. The summed E-state index contributed by atoms with van der Waals surface area (Å²) >= 11 is 0. The van der Waals surface area contributed by atoms with E-state index in [0.29, 0.717) is 29.2 Å². The standard InChI is InChI=1S/C27H27N7O5/c1-38-23-12-19(11-22(35)25(23)39-2)32-26-30-16-31-27(33-26)34(15-24(36)37)20-8-9-21(18(10-20)13-28)29-14-17-6-4-3-5-7-17/h3-13,16,28-29,35H,14-15H2,1-2H3,(H,36,37)(H,30,31,32,33)/p+1. The predicted molar refractivity (Wildman–Crippen MR) is 146 cm³/mol. The van der Waals surface area contributed by atoms with Gasteiger partial charge in [-0.1, -0.05) is 30.3 Å². The topological polar surface area (TPSA) is 168 Å². The lowest BCUT2D eigenvalue weighted by atomic mass is 10.1. The maximum atomic E-state index is 11.8. The minimum atomic E-state index is -1.08. The first-order chi connectivity index (χ1) is 18.9. The Morgan fingerprint density at radius 2 is 1.87 bits per heavy atom. The van der Waals surface area contributed by atoms with Gasteiger partial charge in [-0.2, -0.15) is 4.98 Å². The Hall–Kier alpha value is -5.39. The first kappa shape index (κ1) is 26.7. The van der Waals surface area contributed by atoms with Crippen molar-refractivity contribution in [2.75, 3.05) is 36.3 Å². The highest BCUT2D eigenvalue weighted by molar-refractivity contribution is 5.87. The summed E-state index contributed by atoms with van der Waals surface area (Å²) in [6.45, 7) is 0.176. The van der Waals surface area contributed by atoms with Gasteiger partial charge in [-0.05, 0) is 23.8 Å². The Morgan fingerprint density at radius 3 is 2.56 bits per heavy atom. The molecule has 1 heterocycles. The highest BCUT2D eigenvalue weighted by Gasteiger charge is 2.19. The molecule has 0 bridgehead atoms. The van der Waals surface area contributed by atoms with Gasteiger partial charge in [0.05, 0.1) is 19.8 Å². The Labute approximate surface area is 224 Å². The van der Waals surface area contributed by atoms with Crippen molar-refractivity contribution in [3.8, 4) is 17.2 Å². The van der Waals surface area contributed by atoms with Gasteiger partial charge in [-0.15, -0.1) is 0 Å². The number of phenolic OH excluding ortho intramolecular Hbond substituents is 1. The summed E-state index contributed by atoms with van der Waals surface area (Å²) in [5, 5.41) is 32.1. The molecule has 0 radical (unpaired) electrons. The third-order valence-electron chi connectivity index (χ3n) is 5.66. The van der Waals surface area contributed by atoms with Crippen molar-refractivity contribution < 1.29 is 29.9 Å². The summed E-state index contributed by atoms with van der Waals surface area (Å²) in [5.74, 6) is -0.539. The van der Waals surface area contributed by atoms with E-state index in [4.69, 9.17) is 14.9 Å². The molecular weight excluding hydrogens is 502 g/mol. The van der Waals surface area contributed by atoms with E-state index in [2.05, 4.69) is 25.6 Å². The number of carboxylic acids is 1. The SMILES string of the molecule is COc1cc(Nc2ncnc(N(CC(=O)O)c3ccc(NCc4ccccc4)c(C=[NH2+])c3)n2)cc(O)c1OC. The quantitative estimate of drug-likeness (QED) is 0.171. The van der Waals surface area contributed by atoms with Gasteiger partial charge in [-0.3, -0.25) is 15.1 Å². The number of aromatic hydroxyl groups is 1. The molecule has 12 heteroatoms. The molecule has 39 heavy (non-hydrogen) atoms. The molecule has 12 nitrogen and oxygen atoms in total. The van der Waals surface area contributed by atoms with Crippen LogP contribution in [0.25, 0.3) is 0 Å². The molecule has 200 valence electrons. The predicted octanol–water partition coefficient (Wildman–Crippen LogP) is 2.35. The van der Waals surface area contributed by atoms with Crippen LogP contribution in [0.5, 0.6) is 17.2 Å². The zero-order valence-electron chi connectivity index (χ0n) is 21.3. The van der Waals surface area contributed by atoms with Crippen molar-refractivity contribution in [2.24, 2.45) is 0 Å². The molecule has 0 atom stereocenters. The van der Waals surface area contributed by atoms with E-state index in [1.165, 1.54) is 37.7 Å². The monoisotopic (exact) mass is 530 g/mol. The van der Waals surface area contributed by atoms with Gasteiger partial charge >= 0.3 is 5.97 Å². The second-order valence-electron chi connectivity index (χ2n) is 8.22. The van der Waals surface area contributed by atoms with Crippen molar-refractivity contribution in [3.63, 3.8) is 0 Å². The Kier molecular flexibility index (Phi) is 8.36. The highest BCUT2D eigenvalue weighted by atomic mass is 16.5. The normalized spacial score (nSPS) is 10.4.